The number of hydrogen-bond acceptors (Lipinski definition) is 8. The van der Waals surface area contributed by atoms with Crippen LogP contribution in [-0.2, 0) is 27.7 Å². The molecular formula is C32H56O8Si3. The third-order valence-electron chi connectivity index (χ3n) is 7.23. The summed E-state index contributed by atoms with van der Waals surface area (Å²) in [6.07, 6.45) is 3.28. The highest BCUT2D eigenvalue weighted by Gasteiger charge is 2.39. The van der Waals surface area contributed by atoms with E-state index >= 15 is 0 Å². The molecule has 8 nitrogen and oxygen atoms in total. The molecule has 3 N–H and O–H groups in total. The number of benzene rings is 2. The minimum atomic E-state index is -2.32. The average Bonchev–Trinajstić information content (AvgIpc) is 2.92. The summed E-state index contributed by atoms with van der Waals surface area (Å²) < 4.78 is 30.7. The van der Waals surface area contributed by atoms with Crippen LogP contribution in [0.5, 0.6) is 17.2 Å². The quantitative estimate of drug-likeness (QED) is 0.141. The molecule has 0 aromatic heterocycles. The maximum Gasteiger partial charge on any atom is 0.311 e. The predicted octanol–water partition coefficient (Wildman–Crippen LogP) is 6.42. The molecule has 0 amide bonds. The molecule has 0 bridgehead atoms. The smallest absolute Gasteiger partial charge is 0.311 e. The normalized spacial score (nSPS) is 14.0. The molecule has 2 rings (SSSR count). The maximum absolute atomic E-state index is 9.80. The van der Waals surface area contributed by atoms with Gasteiger partial charge in [-0.3, -0.25) is 0 Å². The molecule has 2 aromatic rings. The second-order valence-corrected chi connectivity index (χ2v) is 25.6. The Balaban J connectivity index is 1.87. The molecule has 0 aliphatic heterocycles. The van der Waals surface area contributed by atoms with Crippen LogP contribution in [0, 0.1) is 0 Å². The van der Waals surface area contributed by atoms with E-state index in [1.165, 1.54) is 11.1 Å². The van der Waals surface area contributed by atoms with Crippen LogP contribution in [0.4, 0.5) is 0 Å². The molecule has 244 valence electrons. The van der Waals surface area contributed by atoms with Crippen molar-refractivity contribution in [1.82, 2.24) is 0 Å². The highest BCUT2D eigenvalue weighted by atomic mass is 28.5. The van der Waals surface area contributed by atoms with Gasteiger partial charge < -0.3 is 37.8 Å². The van der Waals surface area contributed by atoms with Crippen molar-refractivity contribution in [1.29, 1.82) is 0 Å². The van der Waals surface area contributed by atoms with Crippen molar-refractivity contribution < 1.29 is 37.8 Å². The van der Waals surface area contributed by atoms with Gasteiger partial charge in [0.1, 0.15) is 18.0 Å². The number of aryl methyl sites for hydroxylation is 2. The molecular weight excluding hydrogens is 597 g/mol. The SMILES string of the molecule is COc1cc(CCC[Si](C)(C)O[Si](C)(C)O[Si](C)(C)CCCc2ccc(OC(C)CO)c(CO)c2)ccc1OC(C)CO. The minimum absolute atomic E-state index is 0.0444. The highest BCUT2D eigenvalue weighted by molar-refractivity contribution is 6.87. The van der Waals surface area contributed by atoms with E-state index in [0.717, 1.165) is 43.3 Å². The fraction of sp³-hybridized carbons (Fsp3) is 0.625. The van der Waals surface area contributed by atoms with E-state index in [9.17, 15) is 15.3 Å². The number of aliphatic hydroxyl groups excluding tert-OH is 3. The molecule has 0 aliphatic rings. The summed E-state index contributed by atoms with van der Waals surface area (Å²) in [7, 11) is -4.58. The Morgan fingerprint density at radius 2 is 1.12 bits per heavy atom. The van der Waals surface area contributed by atoms with Crippen molar-refractivity contribution in [3.05, 3.63) is 53.1 Å². The van der Waals surface area contributed by atoms with Crippen molar-refractivity contribution in [3.8, 4) is 17.2 Å². The summed E-state index contributed by atoms with van der Waals surface area (Å²) >= 11 is 0. The van der Waals surface area contributed by atoms with Gasteiger partial charge >= 0.3 is 8.56 Å². The lowest BCUT2D eigenvalue weighted by Gasteiger charge is -2.39. The fourth-order valence-electron chi connectivity index (χ4n) is 5.39. The Morgan fingerprint density at radius 1 is 0.651 bits per heavy atom. The lowest BCUT2D eigenvalue weighted by molar-refractivity contribution is 0.126. The standard InChI is InChI=1S/C32H56O8Si3/c1-25(22-33)37-30-16-14-27(20-29(30)24-35)12-10-18-41(4,5)39-43(8,9)40-42(6,7)19-11-13-28-15-17-31(32(21-28)36-3)38-26(2)23-34/h14-17,20-21,25-26,33-35H,10-13,18-19,22-24H2,1-9H3. The van der Waals surface area contributed by atoms with Crippen molar-refractivity contribution >= 4 is 25.2 Å². The van der Waals surface area contributed by atoms with Gasteiger partial charge in [-0.2, -0.15) is 0 Å². The third kappa shape index (κ3) is 13.4. The summed E-state index contributed by atoms with van der Waals surface area (Å²) in [4.78, 5) is 0. The van der Waals surface area contributed by atoms with E-state index in [0.29, 0.717) is 17.2 Å². The van der Waals surface area contributed by atoms with Gasteiger partial charge in [0.2, 0.25) is 0 Å². The number of ether oxygens (including phenoxy) is 3. The molecule has 0 aliphatic carbocycles. The summed E-state index contributed by atoms with van der Waals surface area (Å²) in [6, 6.07) is 14.0. The highest BCUT2D eigenvalue weighted by Crippen LogP contribution is 2.31. The Morgan fingerprint density at radius 3 is 1.58 bits per heavy atom. The second kappa shape index (κ2) is 17.1. The zero-order valence-electron chi connectivity index (χ0n) is 27.9. The van der Waals surface area contributed by atoms with E-state index < -0.39 is 25.2 Å². The molecule has 2 unspecified atom stereocenters. The van der Waals surface area contributed by atoms with E-state index in [1.807, 2.05) is 37.3 Å². The van der Waals surface area contributed by atoms with Crippen LogP contribution in [0.2, 0.25) is 51.4 Å². The Kier molecular flexibility index (Phi) is 14.9. The van der Waals surface area contributed by atoms with E-state index in [2.05, 4.69) is 45.3 Å². The Bertz CT molecular complexity index is 1040. The van der Waals surface area contributed by atoms with E-state index in [-0.39, 0.29) is 32.0 Å². The summed E-state index contributed by atoms with van der Waals surface area (Å²) in [5.74, 6) is 1.96. The second-order valence-electron chi connectivity index (χ2n) is 13.1. The van der Waals surface area contributed by atoms with Gasteiger partial charge in [0, 0.05) is 5.56 Å². The average molecular weight is 653 g/mol. The number of methoxy groups -OCH3 is 1. The Hall–Kier alpha value is -1.71. The van der Waals surface area contributed by atoms with E-state index in [1.54, 1.807) is 14.0 Å². The van der Waals surface area contributed by atoms with Crippen LogP contribution in [0.15, 0.2) is 36.4 Å². The molecule has 43 heavy (non-hydrogen) atoms. The van der Waals surface area contributed by atoms with Crippen molar-refractivity contribution in [2.24, 2.45) is 0 Å². The van der Waals surface area contributed by atoms with E-state index in [4.69, 9.17) is 22.4 Å². The first-order chi connectivity index (χ1) is 20.1. The van der Waals surface area contributed by atoms with Crippen LogP contribution in [0.1, 0.15) is 43.4 Å². The maximum atomic E-state index is 9.80. The van der Waals surface area contributed by atoms with Crippen LogP contribution in [0.25, 0.3) is 0 Å². The largest absolute Gasteiger partial charge is 0.493 e. The monoisotopic (exact) mass is 652 g/mol. The summed E-state index contributed by atoms with van der Waals surface area (Å²) in [5.41, 5.74) is 3.11. The predicted molar refractivity (Wildman–Crippen MR) is 181 cm³/mol. The summed E-state index contributed by atoms with van der Waals surface area (Å²) in [6.45, 7) is 17.0. The number of aliphatic hydroxyl groups is 3. The lowest BCUT2D eigenvalue weighted by atomic mass is 10.1. The van der Waals surface area contributed by atoms with Gasteiger partial charge in [0.15, 0.2) is 28.1 Å². The van der Waals surface area contributed by atoms with Gasteiger partial charge in [0.25, 0.3) is 0 Å². The Labute approximate surface area is 262 Å². The minimum Gasteiger partial charge on any atom is -0.493 e. The molecule has 0 spiro atoms. The zero-order chi connectivity index (χ0) is 32.3. The van der Waals surface area contributed by atoms with Crippen LogP contribution < -0.4 is 14.2 Å². The summed E-state index contributed by atoms with van der Waals surface area (Å²) in [5, 5.41) is 28.4. The van der Waals surface area contributed by atoms with Gasteiger partial charge in [-0.15, -0.1) is 0 Å². The molecule has 11 heteroatoms. The van der Waals surface area contributed by atoms with Gasteiger partial charge in [0.05, 0.1) is 26.9 Å². The van der Waals surface area contributed by atoms with Crippen LogP contribution in [0.3, 0.4) is 0 Å². The first kappa shape index (κ1) is 37.5. The van der Waals surface area contributed by atoms with Gasteiger partial charge in [-0.05, 0) is 126 Å². The van der Waals surface area contributed by atoms with Gasteiger partial charge in [-0.25, -0.2) is 0 Å². The number of rotatable bonds is 20. The van der Waals surface area contributed by atoms with Crippen molar-refractivity contribution in [2.75, 3.05) is 20.3 Å². The van der Waals surface area contributed by atoms with Crippen LogP contribution in [-0.4, -0.2) is 73.0 Å². The first-order valence-corrected chi connectivity index (χ1v) is 24.5. The number of hydrogen-bond donors (Lipinski definition) is 3. The van der Waals surface area contributed by atoms with Crippen molar-refractivity contribution in [3.63, 3.8) is 0 Å². The molecule has 0 saturated heterocycles. The molecule has 0 heterocycles. The molecule has 2 aromatic carbocycles. The first-order valence-electron chi connectivity index (χ1n) is 15.5. The van der Waals surface area contributed by atoms with Crippen molar-refractivity contribution in [2.45, 2.75) is 110 Å². The topological polar surface area (TPSA) is 107 Å². The molecule has 0 fully saturated rings. The zero-order valence-corrected chi connectivity index (χ0v) is 30.9. The molecule has 0 radical (unpaired) electrons. The lowest BCUT2D eigenvalue weighted by Crippen LogP contribution is -2.52. The molecule has 2 atom stereocenters. The van der Waals surface area contributed by atoms with Gasteiger partial charge in [-0.1, -0.05) is 12.1 Å². The molecule has 0 saturated carbocycles. The third-order valence-corrected chi connectivity index (χ3v) is 18.7. The van der Waals surface area contributed by atoms with Crippen LogP contribution >= 0.6 is 0 Å². The fourth-order valence-corrected chi connectivity index (χ4v) is 19.5.